The van der Waals surface area contributed by atoms with Crippen molar-refractivity contribution in [2.24, 2.45) is 5.41 Å². The monoisotopic (exact) mass is 254 g/mol. The van der Waals surface area contributed by atoms with E-state index in [1.165, 1.54) is 64.6 Å². The van der Waals surface area contributed by atoms with Gasteiger partial charge in [0.15, 0.2) is 0 Å². The summed E-state index contributed by atoms with van der Waals surface area (Å²) < 4.78 is 0. The predicted molar refractivity (Wildman–Crippen MR) is 81.1 cm³/mol. The molecule has 0 radical (unpaired) electrons. The lowest BCUT2D eigenvalue weighted by molar-refractivity contribution is 0.0938. The molecule has 1 aliphatic rings. The van der Waals surface area contributed by atoms with Crippen LogP contribution >= 0.6 is 0 Å². The van der Waals surface area contributed by atoms with Gasteiger partial charge in [0, 0.05) is 6.04 Å². The molecule has 0 aliphatic carbocycles. The second-order valence-corrected chi connectivity index (χ2v) is 6.08. The first-order chi connectivity index (χ1) is 8.69. The molecule has 0 spiro atoms. The largest absolute Gasteiger partial charge is 0.317 e. The molecule has 1 rings (SSSR count). The molecule has 2 heteroatoms. The van der Waals surface area contributed by atoms with Crippen LogP contribution in [0, 0.1) is 5.41 Å². The van der Waals surface area contributed by atoms with E-state index in [9.17, 15) is 0 Å². The molecule has 18 heavy (non-hydrogen) atoms. The number of nitrogens with zero attached hydrogens (tertiary/aromatic N) is 1. The topological polar surface area (TPSA) is 15.3 Å². The quantitative estimate of drug-likeness (QED) is 0.711. The average molecular weight is 254 g/mol. The minimum absolute atomic E-state index is 0.674. The molecule has 1 unspecified atom stereocenters. The number of rotatable bonds is 8. The van der Waals surface area contributed by atoms with Crippen molar-refractivity contribution in [2.75, 3.05) is 26.7 Å². The minimum Gasteiger partial charge on any atom is -0.317 e. The van der Waals surface area contributed by atoms with E-state index in [0.29, 0.717) is 5.41 Å². The van der Waals surface area contributed by atoms with Crippen LogP contribution in [-0.2, 0) is 0 Å². The van der Waals surface area contributed by atoms with Gasteiger partial charge in [-0.3, -0.25) is 0 Å². The molecule has 2 nitrogen and oxygen atoms in total. The predicted octanol–water partition coefficient (Wildman–Crippen LogP) is 3.67. The van der Waals surface area contributed by atoms with Gasteiger partial charge >= 0.3 is 0 Å². The summed E-state index contributed by atoms with van der Waals surface area (Å²) in [6.07, 6.45) is 9.52. The number of nitrogens with one attached hydrogen (secondary N) is 1. The molecule has 0 bridgehead atoms. The third-order valence-electron chi connectivity index (χ3n) is 5.34. The van der Waals surface area contributed by atoms with Crippen LogP contribution in [0.1, 0.15) is 65.7 Å². The summed E-state index contributed by atoms with van der Waals surface area (Å²) in [7, 11) is 2.09. The Morgan fingerprint density at radius 2 is 1.72 bits per heavy atom. The van der Waals surface area contributed by atoms with Crippen molar-refractivity contribution >= 4 is 0 Å². The van der Waals surface area contributed by atoms with Crippen molar-refractivity contribution < 1.29 is 0 Å². The Morgan fingerprint density at radius 3 is 2.17 bits per heavy atom. The maximum atomic E-state index is 3.40. The highest BCUT2D eigenvalue weighted by atomic mass is 15.1. The smallest absolute Gasteiger partial charge is 0.00619 e. The maximum Gasteiger partial charge on any atom is 0.00619 e. The first-order valence-electron chi connectivity index (χ1n) is 8.09. The Bertz CT molecular complexity index is 197. The normalized spacial score (nSPS) is 22.0. The van der Waals surface area contributed by atoms with E-state index < -0.39 is 0 Å². The fourth-order valence-corrected chi connectivity index (χ4v) is 3.32. The number of piperidine rings is 1. The highest BCUT2D eigenvalue weighted by molar-refractivity contribution is 4.84. The van der Waals surface area contributed by atoms with Crippen LogP contribution in [0.3, 0.4) is 0 Å². The number of hydrogen-bond acceptors (Lipinski definition) is 2. The molecule has 1 saturated heterocycles. The van der Waals surface area contributed by atoms with E-state index in [1.54, 1.807) is 0 Å². The summed E-state index contributed by atoms with van der Waals surface area (Å²) in [5, 5.41) is 3.40. The van der Waals surface area contributed by atoms with Crippen molar-refractivity contribution in [3.63, 3.8) is 0 Å². The van der Waals surface area contributed by atoms with Crippen molar-refractivity contribution in [1.29, 1.82) is 0 Å². The van der Waals surface area contributed by atoms with Crippen molar-refractivity contribution in [3.05, 3.63) is 0 Å². The summed E-state index contributed by atoms with van der Waals surface area (Å²) >= 11 is 0. The Hall–Kier alpha value is -0.0800. The van der Waals surface area contributed by atoms with E-state index in [0.717, 1.165) is 6.04 Å². The number of hydrogen-bond donors (Lipinski definition) is 1. The lowest BCUT2D eigenvalue weighted by Crippen LogP contribution is -2.40. The van der Waals surface area contributed by atoms with Crippen LogP contribution in [0.5, 0.6) is 0 Å². The number of likely N-dealkylation sites (tertiary alicyclic amines) is 1. The zero-order chi connectivity index (χ0) is 13.4. The van der Waals surface area contributed by atoms with Crippen molar-refractivity contribution in [2.45, 2.75) is 71.8 Å². The second kappa shape index (κ2) is 8.16. The summed E-state index contributed by atoms with van der Waals surface area (Å²) in [6.45, 7) is 11.0. The Morgan fingerprint density at radius 1 is 1.11 bits per heavy atom. The van der Waals surface area contributed by atoms with Gasteiger partial charge in [-0.15, -0.1) is 0 Å². The molecule has 1 N–H and O–H groups in total. The molecule has 0 aromatic heterocycles. The standard InChI is InChI=1S/C16H34N2/c1-5-15(17-4)9-8-12-18-13-10-16(6-2,7-3)11-14-18/h15,17H,5-14H2,1-4H3. The molecule has 1 aliphatic heterocycles. The molecule has 108 valence electrons. The van der Waals surface area contributed by atoms with Crippen LogP contribution in [-0.4, -0.2) is 37.6 Å². The minimum atomic E-state index is 0.674. The highest BCUT2D eigenvalue weighted by Gasteiger charge is 2.30. The zero-order valence-electron chi connectivity index (χ0n) is 13.1. The van der Waals surface area contributed by atoms with Gasteiger partial charge in [-0.05, 0) is 64.2 Å². The summed E-state index contributed by atoms with van der Waals surface area (Å²) in [6, 6.07) is 0.722. The molecular weight excluding hydrogens is 220 g/mol. The van der Waals surface area contributed by atoms with Gasteiger partial charge in [-0.2, -0.15) is 0 Å². The SMILES string of the molecule is CCC(CCCN1CCC(CC)(CC)CC1)NC. The van der Waals surface area contributed by atoms with E-state index >= 15 is 0 Å². The van der Waals surface area contributed by atoms with Crippen LogP contribution in [0.25, 0.3) is 0 Å². The fourth-order valence-electron chi connectivity index (χ4n) is 3.32. The lowest BCUT2D eigenvalue weighted by atomic mass is 9.74. The Kier molecular flexibility index (Phi) is 7.25. The van der Waals surface area contributed by atoms with E-state index in [1.807, 2.05) is 0 Å². The molecule has 0 aromatic rings. The van der Waals surface area contributed by atoms with Gasteiger partial charge in [0.1, 0.15) is 0 Å². The summed E-state index contributed by atoms with van der Waals surface area (Å²) in [4.78, 5) is 2.69. The van der Waals surface area contributed by atoms with Crippen LogP contribution in [0.4, 0.5) is 0 Å². The average Bonchev–Trinajstić information content (AvgIpc) is 2.44. The zero-order valence-corrected chi connectivity index (χ0v) is 13.1. The molecule has 1 atom stereocenters. The maximum absolute atomic E-state index is 3.40. The van der Waals surface area contributed by atoms with Gasteiger partial charge in [0.05, 0.1) is 0 Å². The Labute approximate surface area is 115 Å². The van der Waals surface area contributed by atoms with E-state index in [2.05, 4.69) is 38.0 Å². The first-order valence-corrected chi connectivity index (χ1v) is 8.09. The van der Waals surface area contributed by atoms with Crippen molar-refractivity contribution in [3.8, 4) is 0 Å². The van der Waals surface area contributed by atoms with Crippen LogP contribution in [0.2, 0.25) is 0 Å². The van der Waals surface area contributed by atoms with Gasteiger partial charge in [0.2, 0.25) is 0 Å². The van der Waals surface area contributed by atoms with E-state index in [-0.39, 0.29) is 0 Å². The highest BCUT2D eigenvalue weighted by Crippen LogP contribution is 2.37. The third-order valence-corrected chi connectivity index (χ3v) is 5.34. The van der Waals surface area contributed by atoms with Gasteiger partial charge in [0.25, 0.3) is 0 Å². The lowest BCUT2D eigenvalue weighted by Gasteiger charge is -2.41. The van der Waals surface area contributed by atoms with Crippen LogP contribution in [0.15, 0.2) is 0 Å². The van der Waals surface area contributed by atoms with Crippen molar-refractivity contribution in [1.82, 2.24) is 10.2 Å². The molecular formula is C16H34N2. The van der Waals surface area contributed by atoms with Gasteiger partial charge < -0.3 is 10.2 Å². The second-order valence-electron chi connectivity index (χ2n) is 6.08. The van der Waals surface area contributed by atoms with E-state index in [4.69, 9.17) is 0 Å². The summed E-state index contributed by atoms with van der Waals surface area (Å²) in [5.74, 6) is 0. The summed E-state index contributed by atoms with van der Waals surface area (Å²) in [5.41, 5.74) is 0.674. The van der Waals surface area contributed by atoms with Gasteiger partial charge in [-0.1, -0.05) is 33.6 Å². The molecule has 1 fully saturated rings. The molecule has 1 heterocycles. The molecule has 0 aromatic carbocycles. The molecule has 0 amide bonds. The van der Waals surface area contributed by atoms with Gasteiger partial charge in [-0.25, -0.2) is 0 Å². The fraction of sp³-hybridized carbons (Fsp3) is 1.00. The Balaban J connectivity index is 2.19. The first kappa shape index (κ1) is 16.0. The molecule has 0 saturated carbocycles. The third kappa shape index (κ3) is 4.55. The van der Waals surface area contributed by atoms with Crippen LogP contribution < -0.4 is 5.32 Å².